The van der Waals surface area contributed by atoms with E-state index >= 15 is 0 Å². The van der Waals surface area contributed by atoms with Gasteiger partial charge in [0.05, 0.1) is 18.5 Å². The maximum Gasteiger partial charge on any atom is 0.321 e. The van der Waals surface area contributed by atoms with Crippen molar-refractivity contribution in [2.24, 2.45) is 16.5 Å². The summed E-state index contributed by atoms with van der Waals surface area (Å²) >= 11 is 1.34. The number of aliphatic hydroxyl groups excluding tert-OH is 1. The molecule has 0 aromatic carbocycles. The van der Waals surface area contributed by atoms with Gasteiger partial charge in [0.15, 0.2) is 0 Å². The topological polar surface area (TPSA) is 122 Å². The number of nitrogens with two attached hydrogens (primary N) is 2. The molecule has 0 unspecified atom stereocenters. The lowest BCUT2D eigenvalue weighted by Crippen LogP contribution is -2.33. The maximum atomic E-state index is 10.4. The predicted octanol–water partition coefficient (Wildman–Crippen LogP) is -1.13. The largest absolute Gasteiger partial charge is 0.480 e. The number of aliphatic imine (C=N–C) groups is 1. The lowest BCUT2D eigenvalue weighted by atomic mass is 10.4. The van der Waals surface area contributed by atoms with E-state index in [-0.39, 0.29) is 12.6 Å². The molecule has 6 nitrogen and oxygen atoms in total. The van der Waals surface area contributed by atoms with Crippen LogP contribution in [0.25, 0.3) is 0 Å². The van der Waals surface area contributed by atoms with Crippen LogP contribution in [0, 0.1) is 0 Å². The molecule has 0 bridgehead atoms. The van der Waals surface area contributed by atoms with Gasteiger partial charge in [0.1, 0.15) is 6.04 Å². The molecule has 15 heavy (non-hydrogen) atoms. The van der Waals surface area contributed by atoms with Crippen molar-refractivity contribution in [2.45, 2.75) is 19.0 Å². The smallest absolute Gasteiger partial charge is 0.321 e. The summed E-state index contributed by atoms with van der Waals surface area (Å²) in [5.74, 6) is 0.176. The van der Waals surface area contributed by atoms with Crippen LogP contribution >= 0.6 is 11.8 Å². The van der Waals surface area contributed by atoms with Gasteiger partial charge < -0.3 is 21.7 Å². The molecule has 0 aliphatic rings. The van der Waals surface area contributed by atoms with Crippen molar-refractivity contribution in [1.29, 1.82) is 0 Å². The van der Waals surface area contributed by atoms with E-state index in [1.54, 1.807) is 6.92 Å². The average molecular weight is 235 g/mol. The number of thioether (sulfide) groups is 1. The molecule has 88 valence electrons. The average Bonchev–Trinajstić information content (AvgIpc) is 2.15. The highest BCUT2D eigenvalue weighted by atomic mass is 32.2. The predicted molar refractivity (Wildman–Crippen MR) is 61.1 cm³/mol. The van der Waals surface area contributed by atoms with Crippen LogP contribution in [0.5, 0.6) is 0 Å². The normalized spacial score (nSPS) is 16.1. The van der Waals surface area contributed by atoms with Gasteiger partial charge in [-0.1, -0.05) is 0 Å². The van der Waals surface area contributed by atoms with Crippen LogP contribution in [0.2, 0.25) is 0 Å². The Kier molecular flexibility index (Phi) is 7.10. The third kappa shape index (κ3) is 7.18. The van der Waals surface area contributed by atoms with E-state index in [0.717, 1.165) is 0 Å². The van der Waals surface area contributed by atoms with Gasteiger partial charge in [0, 0.05) is 11.5 Å². The Hall–Kier alpha value is -0.790. The molecule has 0 rings (SSSR count). The molecule has 0 aromatic rings. The lowest BCUT2D eigenvalue weighted by molar-refractivity contribution is -0.137. The van der Waals surface area contributed by atoms with Crippen molar-refractivity contribution in [3.63, 3.8) is 0 Å². The van der Waals surface area contributed by atoms with Crippen LogP contribution in [0.3, 0.4) is 0 Å². The van der Waals surface area contributed by atoms with E-state index in [1.807, 2.05) is 0 Å². The monoisotopic (exact) mass is 235 g/mol. The summed E-state index contributed by atoms with van der Waals surface area (Å²) in [6.45, 7) is 1.53. The second-order valence-corrected chi connectivity index (χ2v) is 4.16. The highest BCUT2D eigenvalue weighted by Gasteiger charge is 2.12. The van der Waals surface area contributed by atoms with Gasteiger partial charge in [-0.05, 0) is 6.92 Å². The summed E-state index contributed by atoms with van der Waals surface area (Å²) in [6.07, 6.45) is 0. The van der Waals surface area contributed by atoms with Crippen LogP contribution in [-0.4, -0.2) is 52.2 Å². The molecule has 0 radical (unpaired) electrons. The van der Waals surface area contributed by atoms with Crippen LogP contribution in [0.4, 0.5) is 0 Å². The van der Waals surface area contributed by atoms with Crippen molar-refractivity contribution in [3.8, 4) is 0 Å². The minimum atomic E-state index is -1.03. The second kappa shape index (κ2) is 7.49. The van der Waals surface area contributed by atoms with Crippen LogP contribution < -0.4 is 11.5 Å². The highest BCUT2D eigenvalue weighted by molar-refractivity contribution is 7.99. The van der Waals surface area contributed by atoms with Crippen LogP contribution in [0.1, 0.15) is 6.92 Å². The number of carboxylic acids is 1. The van der Waals surface area contributed by atoms with Crippen LogP contribution in [-0.2, 0) is 4.79 Å². The van der Waals surface area contributed by atoms with Crippen LogP contribution in [0.15, 0.2) is 4.99 Å². The zero-order chi connectivity index (χ0) is 11.8. The first-order chi connectivity index (χ1) is 6.97. The van der Waals surface area contributed by atoms with Gasteiger partial charge >= 0.3 is 5.97 Å². The third-order valence-electron chi connectivity index (χ3n) is 1.52. The molecule has 7 heteroatoms. The standard InChI is InChI=1S/C8H17N3O3S/c1-5(9)11-6(2-12)3-15-4-7(10)8(13)14/h6-7,12H,2-4,10H2,1H3,(H2,9,11)(H,13,14)/t6-,7-/m1/s1. The Balaban J connectivity index is 3.82. The summed E-state index contributed by atoms with van der Waals surface area (Å²) in [7, 11) is 0. The van der Waals surface area contributed by atoms with E-state index in [2.05, 4.69) is 4.99 Å². The number of nitrogens with zero attached hydrogens (tertiary/aromatic N) is 1. The minimum Gasteiger partial charge on any atom is -0.480 e. The summed E-state index contributed by atoms with van der Waals surface area (Å²) in [6, 6.07) is -1.17. The highest BCUT2D eigenvalue weighted by Crippen LogP contribution is 2.07. The van der Waals surface area contributed by atoms with E-state index in [1.165, 1.54) is 11.8 Å². The summed E-state index contributed by atoms with van der Waals surface area (Å²) in [5.41, 5.74) is 10.7. The number of amidine groups is 1. The van der Waals surface area contributed by atoms with Crippen molar-refractivity contribution < 1.29 is 15.0 Å². The van der Waals surface area contributed by atoms with Gasteiger partial charge in [-0.25, -0.2) is 0 Å². The molecule has 0 saturated heterocycles. The van der Waals surface area contributed by atoms with Gasteiger partial charge in [-0.2, -0.15) is 11.8 Å². The van der Waals surface area contributed by atoms with E-state index in [0.29, 0.717) is 17.3 Å². The Morgan fingerprint density at radius 3 is 2.53 bits per heavy atom. The summed E-state index contributed by atoms with van der Waals surface area (Å²) < 4.78 is 0. The fourth-order valence-electron chi connectivity index (χ4n) is 0.821. The van der Waals surface area contributed by atoms with E-state index < -0.39 is 12.0 Å². The molecular formula is C8H17N3O3S. The second-order valence-electron chi connectivity index (χ2n) is 3.09. The Labute approximate surface area is 92.7 Å². The fourth-order valence-corrected chi connectivity index (χ4v) is 1.81. The number of carbonyl (C=O) groups is 1. The summed E-state index contributed by atoms with van der Waals surface area (Å²) in [4.78, 5) is 14.4. The lowest BCUT2D eigenvalue weighted by Gasteiger charge is -2.10. The van der Waals surface area contributed by atoms with Crippen molar-refractivity contribution >= 4 is 23.6 Å². The number of aliphatic carboxylic acids is 1. The van der Waals surface area contributed by atoms with E-state index in [9.17, 15) is 4.79 Å². The molecule has 6 N–H and O–H groups in total. The van der Waals surface area contributed by atoms with Gasteiger partial charge in [-0.3, -0.25) is 9.79 Å². The number of hydrogen-bond acceptors (Lipinski definition) is 5. The first-order valence-corrected chi connectivity index (χ1v) is 5.59. The number of carboxylic acid groups (broad SMARTS) is 1. The Bertz CT molecular complexity index is 231. The maximum absolute atomic E-state index is 10.4. The Morgan fingerprint density at radius 1 is 1.53 bits per heavy atom. The number of hydrogen-bond donors (Lipinski definition) is 4. The molecule has 0 aromatic heterocycles. The fraction of sp³-hybridized carbons (Fsp3) is 0.750. The first kappa shape index (κ1) is 14.2. The molecular weight excluding hydrogens is 218 g/mol. The van der Waals surface area contributed by atoms with Gasteiger partial charge in [0.2, 0.25) is 0 Å². The third-order valence-corrected chi connectivity index (χ3v) is 2.74. The minimum absolute atomic E-state index is 0.107. The SMILES string of the molecule is CC(N)=N[C@H](CO)CSC[C@@H](N)C(=O)O. The summed E-state index contributed by atoms with van der Waals surface area (Å²) in [5, 5.41) is 17.4. The van der Waals surface area contributed by atoms with E-state index in [4.69, 9.17) is 21.7 Å². The van der Waals surface area contributed by atoms with Gasteiger partial charge in [-0.15, -0.1) is 0 Å². The molecule has 0 heterocycles. The van der Waals surface area contributed by atoms with Gasteiger partial charge in [0.25, 0.3) is 0 Å². The molecule has 0 amide bonds. The number of rotatable bonds is 7. The quantitative estimate of drug-likeness (QED) is 0.327. The zero-order valence-corrected chi connectivity index (χ0v) is 9.41. The molecule has 0 aliphatic carbocycles. The number of aliphatic hydroxyl groups is 1. The molecule has 0 saturated carbocycles. The molecule has 0 fully saturated rings. The molecule has 2 atom stereocenters. The Morgan fingerprint density at radius 2 is 2.13 bits per heavy atom. The van der Waals surface area contributed by atoms with Crippen molar-refractivity contribution in [3.05, 3.63) is 0 Å². The molecule has 0 aliphatic heterocycles. The first-order valence-electron chi connectivity index (χ1n) is 4.44. The zero-order valence-electron chi connectivity index (χ0n) is 8.59. The van der Waals surface area contributed by atoms with Crippen molar-refractivity contribution in [2.75, 3.05) is 18.1 Å². The van der Waals surface area contributed by atoms with Crippen molar-refractivity contribution in [1.82, 2.24) is 0 Å². The molecule has 0 spiro atoms.